The predicted molar refractivity (Wildman–Crippen MR) is 92.0 cm³/mol. The number of carbonyl (C=O) groups excluding carboxylic acids is 1. The molecule has 0 atom stereocenters. The average molecular weight is 326 g/mol. The van der Waals surface area contributed by atoms with E-state index in [0.717, 1.165) is 27.9 Å². The van der Waals surface area contributed by atoms with Crippen molar-refractivity contribution in [3.63, 3.8) is 0 Å². The van der Waals surface area contributed by atoms with Crippen molar-refractivity contribution in [2.24, 2.45) is 0 Å². The van der Waals surface area contributed by atoms with Gasteiger partial charge in [0.2, 0.25) is 0 Å². The fourth-order valence-corrected chi connectivity index (χ4v) is 2.85. The topological polar surface area (TPSA) is 54.1 Å². The first-order chi connectivity index (χ1) is 11.6. The molecule has 0 aliphatic heterocycles. The lowest BCUT2D eigenvalue weighted by atomic mass is 10.1. The van der Waals surface area contributed by atoms with E-state index in [9.17, 15) is 9.18 Å². The molecule has 2 N–H and O–H groups in total. The lowest BCUT2D eigenvalue weighted by molar-refractivity contribution is 0.0950. The van der Waals surface area contributed by atoms with E-state index in [1.165, 1.54) is 12.1 Å². The summed E-state index contributed by atoms with van der Waals surface area (Å²) in [6, 6.07) is 11.8. The number of halogens is 1. The third kappa shape index (κ3) is 3.11. The van der Waals surface area contributed by atoms with Crippen molar-refractivity contribution in [1.29, 1.82) is 0 Å². The Hall–Kier alpha value is -2.82. The van der Waals surface area contributed by atoms with Crippen LogP contribution in [0.25, 0.3) is 10.9 Å². The van der Waals surface area contributed by atoms with Crippen molar-refractivity contribution < 1.29 is 13.9 Å². The van der Waals surface area contributed by atoms with Crippen LogP contribution in [0.4, 0.5) is 4.39 Å². The quantitative estimate of drug-likeness (QED) is 0.753. The highest BCUT2D eigenvalue weighted by Crippen LogP contribution is 2.26. The molecule has 2 aromatic carbocycles. The number of H-pyrrole nitrogens is 1. The van der Waals surface area contributed by atoms with E-state index >= 15 is 0 Å². The third-order valence-corrected chi connectivity index (χ3v) is 4.11. The molecular weight excluding hydrogens is 307 g/mol. The number of nitrogens with one attached hydrogen (secondary N) is 2. The molecule has 0 aliphatic carbocycles. The number of hydrogen-bond donors (Lipinski definition) is 2. The van der Waals surface area contributed by atoms with E-state index in [1.807, 2.05) is 25.1 Å². The summed E-state index contributed by atoms with van der Waals surface area (Å²) in [5.41, 5.74) is 3.27. The number of carbonyl (C=O) groups is 1. The number of rotatable bonds is 5. The molecule has 4 nitrogen and oxygen atoms in total. The van der Waals surface area contributed by atoms with Gasteiger partial charge in [0.05, 0.1) is 12.7 Å². The number of benzene rings is 2. The zero-order chi connectivity index (χ0) is 17.1. The fraction of sp³-hybridized carbons (Fsp3) is 0.211. The summed E-state index contributed by atoms with van der Waals surface area (Å²) < 4.78 is 18.9. The maximum absolute atomic E-state index is 13.6. The van der Waals surface area contributed by atoms with Crippen LogP contribution in [0.15, 0.2) is 42.5 Å². The molecule has 0 bridgehead atoms. The molecule has 0 saturated carbocycles. The van der Waals surface area contributed by atoms with Crippen molar-refractivity contribution in [3.8, 4) is 5.75 Å². The largest absolute Gasteiger partial charge is 0.497 e. The number of aromatic nitrogens is 1. The van der Waals surface area contributed by atoms with Gasteiger partial charge >= 0.3 is 0 Å². The summed E-state index contributed by atoms with van der Waals surface area (Å²) in [4.78, 5) is 15.4. The van der Waals surface area contributed by atoms with Crippen LogP contribution in [0.2, 0.25) is 0 Å². The molecular formula is C19H19FN2O2. The maximum Gasteiger partial charge on any atom is 0.254 e. The second-order valence-corrected chi connectivity index (χ2v) is 5.63. The number of fused-ring (bicyclic) bond motifs is 1. The molecule has 0 fully saturated rings. The molecule has 0 aliphatic rings. The minimum absolute atomic E-state index is 0.0646. The minimum atomic E-state index is -0.511. The van der Waals surface area contributed by atoms with Gasteiger partial charge in [-0.3, -0.25) is 4.79 Å². The van der Waals surface area contributed by atoms with Gasteiger partial charge in [-0.1, -0.05) is 12.1 Å². The first-order valence-corrected chi connectivity index (χ1v) is 7.78. The zero-order valence-corrected chi connectivity index (χ0v) is 13.7. The molecule has 0 unspecified atom stereocenters. The highest BCUT2D eigenvalue weighted by atomic mass is 19.1. The van der Waals surface area contributed by atoms with Crippen molar-refractivity contribution in [2.75, 3.05) is 13.7 Å². The molecule has 24 heavy (non-hydrogen) atoms. The van der Waals surface area contributed by atoms with Crippen LogP contribution >= 0.6 is 0 Å². The number of methoxy groups -OCH3 is 1. The van der Waals surface area contributed by atoms with Crippen LogP contribution in [0.1, 0.15) is 21.6 Å². The maximum atomic E-state index is 13.6. The number of amides is 1. The van der Waals surface area contributed by atoms with Gasteiger partial charge in [0, 0.05) is 23.1 Å². The van der Waals surface area contributed by atoms with E-state index in [-0.39, 0.29) is 5.56 Å². The Balaban J connectivity index is 1.73. The summed E-state index contributed by atoms with van der Waals surface area (Å²) >= 11 is 0. The Morgan fingerprint density at radius 1 is 1.25 bits per heavy atom. The van der Waals surface area contributed by atoms with Gasteiger partial charge in [0.25, 0.3) is 5.91 Å². The van der Waals surface area contributed by atoms with Gasteiger partial charge in [0.15, 0.2) is 0 Å². The van der Waals surface area contributed by atoms with E-state index in [4.69, 9.17) is 4.74 Å². The van der Waals surface area contributed by atoms with Gasteiger partial charge < -0.3 is 15.0 Å². The van der Waals surface area contributed by atoms with Crippen LogP contribution < -0.4 is 10.1 Å². The van der Waals surface area contributed by atoms with E-state index in [2.05, 4.69) is 10.3 Å². The summed E-state index contributed by atoms with van der Waals surface area (Å²) in [6.45, 7) is 2.43. The molecule has 0 spiro atoms. The van der Waals surface area contributed by atoms with Crippen molar-refractivity contribution in [2.45, 2.75) is 13.3 Å². The molecule has 3 rings (SSSR count). The number of ether oxygens (including phenoxy) is 1. The highest BCUT2D eigenvalue weighted by Gasteiger charge is 2.12. The van der Waals surface area contributed by atoms with Gasteiger partial charge in [-0.2, -0.15) is 0 Å². The molecule has 1 heterocycles. The van der Waals surface area contributed by atoms with E-state index < -0.39 is 11.7 Å². The Bertz CT molecular complexity index is 886. The van der Waals surface area contributed by atoms with Crippen molar-refractivity contribution >= 4 is 16.8 Å². The molecule has 3 aromatic rings. The van der Waals surface area contributed by atoms with Crippen LogP contribution in [-0.2, 0) is 6.42 Å². The minimum Gasteiger partial charge on any atom is -0.497 e. The Labute approximate surface area is 139 Å². The van der Waals surface area contributed by atoms with Crippen LogP contribution in [-0.4, -0.2) is 24.5 Å². The molecule has 1 amide bonds. The molecule has 124 valence electrons. The van der Waals surface area contributed by atoms with Gasteiger partial charge in [-0.25, -0.2) is 4.39 Å². The zero-order valence-electron chi connectivity index (χ0n) is 13.7. The molecule has 0 saturated heterocycles. The van der Waals surface area contributed by atoms with E-state index in [0.29, 0.717) is 13.0 Å². The first kappa shape index (κ1) is 16.1. The molecule has 1 aromatic heterocycles. The SMILES string of the molecule is COc1ccc2[nH]c(C)c(CCNC(=O)c3ccccc3F)c2c1. The second kappa shape index (κ2) is 6.74. The Morgan fingerprint density at radius 3 is 2.79 bits per heavy atom. The second-order valence-electron chi connectivity index (χ2n) is 5.63. The Kier molecular flexibility index (Phi) is 4.51. The van der Waals surface area contributed by atoms with Gasteiger partial charge in [-0.15, -0.1) is 0 Å². The number of hydrogen-bond acceptors (Lipinski definition) is 2. The summed E-state index contributed by atoms with van der Waals surface area (Å²) in [5, 5.41) is 3.85. The lowest BCUT2D eigenvalue weighted by Gasteiger charge is -2.07. The molecule has 5 heteroatoms. The molecule has 0 radical (unpaired) electrons. The fourth-order valence-electron chi connectivity index (χ4n) is 2.85. The van der Waals surface area contributed by atoms with Crippen molar-refractivity contribution in [3.05, 3.63) is 65.1 Å². The lowest BCUT2D eigenvalue weighted by Crippen LogP contribution is -2.26. The predicted octanol–water partition coefficient (Wildman–Crippen LogP) is 3.60. The van der Waals surface area contributed by atoms with Gasteiger partial charge in [-0.05, 0) is 49.2 Å². The van der Waals surface area contributed by atoms with Gasteiger partial charge in [0.1, 0.15) is 11.6 Å². The number of aromatic amines is 1. The summed E-state index contributed by atoms with van der Waals surface area (Å²) in [6.07, 6.45) is 0.652. The summed E-state index contributed by atoms with van der Waals surface area (Å²) in [5.74, 6) is -0.121. The van der Waals surface area contributed by atoms with Crippen LogP contribution in [0.3, 0.4) is 0 Å². The third-order valence-electron chi connectivity index (χ3n) is 4.11. The van der Waals surface area contributed by atoms with Crippen molar-refractivity contribution in [1.82, 2.24) is 10.3 Å². The van der Waals surface area contributed by atoms with Crippen LogP contribution in [0, 0.1) is 12.7 Å². The van der Waals surface area contributed by atoms with Crippen LogP contribution in [0.5, 0.6) is 5.75 Å². The standard InChI is InChI=1S/C19H19FN2O2/c1-12-14(16-11-13(24-2)7-8-18(16)22-12)9-10-21-19(23)15-5-3-4-6-17(15)20/h3-8,11,22H,9-10H2,1-2H3,(H,21,23). The Morgan fingerprint density at radius 2 is 2.04 bits per heavy atom. The number of aryl methyl sites for hydroxylation is 1. The average Bonchev–Trinajstić information content (AvgIpc) is 2.90. The normalized spacial score (nSPS) is 10.8. The van der Waals surface area contributed by atoms with E-state index in [1.54, 1.807) is 19.2 Å². The monoisotopic (exact) mass is 326 g/mol. The highest BCUT2D eigenvalue weighted by molar-refractivity contribution is 5.94. The summed E-state index contributed by atoms with van der Waals surface area (Å²) in [7, 11) is 1.63. The first-order valence-electron chi connectivity index (χ1n) is 7.78. The smallest absolute Gasteiger partial charge is 0.254 e.